The summed E-state index contributed by atoms with van der Waals surface area (Å²) in [6.07, 6.45) is 2.36. The molecule has 0 unspecified atom stereocenters. The van der Waals surface area contributed by atoms with Crippen molar-refractivity contribution in [3.8, 4) is 16.9 Å². The number of anilines is 1. The molecule has 4 aromatic rings. The molecule has 1 aliphatic heterocycles. The third kappa shape index (κ3) is 3.93. The van der Waals surface area contributed by atoms with Gasteiger partial charge in [0.25, 0.3) is 0 Å². The topological polar surface area (TPSA) is 77.0 Å². The lowest BCUT2D eigenvalue weighted by Crippen LogP contribution is -2.31. The normalized spacial score (nSPS) is 13.1. The molecule has 0 fully saturated rings. The van der Waals surface area contributed by atoms with Crippen LogP contribution in [-0.2, 0) is 13.0 Å². The minimum Gasteiger partial charge on any atom is -0.366 e. The highest BCUT2D eigenvalue weighted by Gasteiger charge is 2.28. The van der Waals surface area contributed by atoms with Crippen LogP contribution in [0, 0.1) is 13.8 Å². The highest BCUT2D eigenvalue weighted by atomic mass is 35.5. The molecule has 34 heavy (non-hydrogen) atoms. The van der Waals surface area contributed by atoms with Crippen LogP contribution in [0.15, 0.2) is 54.7 Å². The van der Waals surface area contributed by atoms with Crippen LogP contribution in [0.4, 0.5) is 5.82 Å². The first-order valence-electron chi connectivity index (χ1n) is 11.0. The maximum Gasteiger partial charge on any atom is 0.248 e. The molecule has 2 aromatic carbocycles. The van der Waals surface area contributed by atoms with E-state index in [9.17, 15) is 4.79 Å². The fourth-order valence-electron chi connectivity index (χ4n) is 4.58. The summed E-state index contributed by atoms with van der Waals surface area (Å²) in [6, 6.07) is 15.3. The summed E-state index contributed by atoms with van der Waals surface area (Å²) in [5, 5.41) is 6.09. The largest absolute Gasteiger partial charge is 0.366 e. The number of benzene rings is 2. The average Bonchev–Trinajstić information content (AvgIpc) is 3.17. The Morgan fingerprint density at radius 3 is 2.41 bits per heavy atom. The van der Waals surface area contributed by atoms with Crippen LogP contribution in [0.1, 0.15) is 32.7 Å². The number of pyridine rings is 1. The van der Waals surface area contributed by atoms with E-state index in [1.54, 1.807) is 24.4 Å². The first-order chi connectivity index (χ1) is 16.3. The SMILES string of the molecule is Cc1cccc(C)c1-n1nc2c(c1-c1ccc(C(N)=O)cc1)CN(c1ncc(Cl)cc1Cl)CC2. The summed E-state index contributed by atoms with van der Waals surface area (Å²) in [5.41, 5.74) is 13.3. The molecular weight excluding hydrogens is 469 g/mol. The van der Waals surface area contributed by atoms with Gasteiger partial charge in [-0.3, -0.25) is 4.79 Å². The number of amides is 1. The van der Waals surface area contributed by atoms with E-state index in [2.05, 4.69) is 41.9 Å². The Labute approximate surface area is 207 Å². The van der Waals surface area contributed by atoms with E-state index in [-0.39, 0.29) is 0 Å². The Bertz CT molecular complexity index is 1390. The minimum absolute atomic E-state index is 0.452. The number of carbonyl (C=O) groups excluding carboxylic acids is 1. The van der Waals surface area contributed by atoms with Gasteiger partial charge in [-0.15, -0.1) is 0 Å². The van der Waals surface area contributed by atoms with Gasteiger partial charge in [0.1, 0.15) is 5.82 Å². The molecule has 0 spiro atoms. The molecular formula is C26H23Cl2N5O. The van der Waals surface area contributed by atoms with Crippen molar-refractivity contribution in [2.24, 2.45) is 5.73 Å². The average molecular weight is 492 g/mol. The highest BCUT2D eigenvalue weighted by Crippen LogP contribution is 2.37. The van der Waals surface area contributed by atoms with Crippen LogP contribution in [-0.4, -0.2) is 27.2 Å². The van der Waals surface area contributed by atoms with Gasteiger partial charge in [0, 0.05) is 42.4 Å². The molecule has 2 N–H and O–H groups in total. The van der Waals surface area contributed by atoms with Crippen LogP contribution in [0.25, 0.3) is 16.9 Å². The summed E-state index contributed by atoms with van der Waals surface area (Å²) >= 11 is 12.5. The van der Waals surface area contributed by atoms with Gasteiger partial charge >= 0.3 is 0 Å². The van der Waals surface area contributed by atoms with Gasteiger partial charge in [-0.2, -0.15) is 5.10 Å². The van der Waals surface area contributed by atoms with E-state index in [0.717, 1.165) is 52.3 Å². The molecule has 172 valence electrons. The number of carbonyl (C=O) groups is 1. The number of rotatable bonds is 4. The van der Waals surface area contributed by atoms with E-state index < -0.39 is 5.91 Å². The highest BCUT2D eigenvalue weighted by molar-refractivity contribution is 6.36. The number of nitrogens with zero attached hydrogens (tertiary/aromatic N) is 4. The number of aryl methyl sites for hydroxylation is 2. The number of para-hydroxylation sites is 1. The quantitative estimate of drug-likeness (QED) is 0.407. The maximum absolute atomic E-state index is 11.6. The molecule has 0 saturated carbocycles. The van der Waals surface area contributed by atoms with Crippen molar-refractivity contribution in [1.82, 2.24) is 14.8 Å². The molecule has 1 aliphatic rings. The monoisotopic (exact) mass is 491 g/mol. The molecule has 0 radical (unpaired) electrons. The fraction of sp³-hybridized carbons (Fsp3) is 0.192. The second-order valence-electron chi connectivity index (χ2n) is 8.50. The summed E-state index contributed by atoms with van der Waals surface area (Å²) < 4.78 is 2.04. The molecule has 0 bridgehead atoms. The second kappa shape index (κ2) is 8.78. The van der Waals surface area contributed by atoms with Gasteiger partial charge in [-0.25, -0.2) is 9.67 Å². The standard InChI is InChI=1S/C26H23Cl2N5O/c1-15-4-3-5-16(2)23(15)33-24(17-6-8-18(9-7-17)25(29)34)20-14-32(11-10-22(20)31-33)26-21(28)12-19(27)13-30-26/h3-9,12-13H,10-11,14H2,1-2H3,(H2,29,34). The molecule has 0 aliphatic carbocycles. The zero-order chi connectivity index (χ0) is 24.0. The molecule has 3 heterocycles. The lowest BCUT2D eigenvalue weighted by Gasteiger charge is -2.28. The first-order valence-corrected chi connectivity index (χ1v) is 11.7. The van der Waals surface area contributed by atoms with Gasteiger partial charge in [-0.1, -0.05) is 53.5 Å². The summed E-state index contributed by atoms with van der Waals surface area (Å²) in [5.74, 6) is 0.248. The zero-order valence-corrected chi connectivity index (χ0v) is 20.4. The number of nitrogens with two attached hydrogens (primary N) is 1. The third-order valence-corrected chi connectivity index (χ3v) is 6.70. The molecule has 2 aromatic heterocycles. The zero-order valence-electron chi connectivity index (χ0n) is 18.8. The van der Waals surface area contributed by atoms with Crippen LogP contribution in [0.2, 0.25) is 10.0 Å². The lowest BCUT2D eigenvalue weighted by molar-refractivity contribution is 0.100. The van der Waals surface area contributed by atoms with Gasteiger partial charge in [0.15, 0.2) is 0 Å². The Balaban J connectivity index is 1.68. The van der Waals surface area contributed by atoms with Crippen LogP contribution in [0.5, 0.6) is 0 Å². The minimum atomic E-state index is -0.452. The van der Waals surface area contributed by atoms with E-state index in [1.807, 2.05) is 16.8 Å². The number of primary amides is 1. The number of hydrogen-bond acceptors (Lipinski definition) is 4. The van der Waals surface area contributed by atoms with Crippen LogP contribution >= 0.6 is 23.2 Å². The lowest BCUT2D eigenvalue weighted by atomic mass is 9.99. The van der Waals surface area contributed by atoms with Gasteiger partial charge < -0.3 is 10.6 Å². The summed E-state index contributed by atoms with van der Waals surface area (Å²) in [7, 11) is 0. The van der Waals surface area contributed by atoms with E-state index in [0.29, 0.717) is 28.0 Å². The van der Waals surface area contributed by atoms with Crippen molar-refractivity contribution in [3.63, 3.8) is 0 Å². The summed E-state index contributed by atoms with van der Waals surface area (Å²) in [6.45, 7) is 5.52. The van der Waals surface area contributed by atoms with Crippen molar-refractivity contribution < 1.29 is 4.79 Å². The Morgan fingerprint density at radius 1 is 1.06 bits per heavy atom. The Morgan fingerprint density at radius 2 is 1.76 bits per heavy atom. The predicted molar refractivity (Wildman–Crippen MR) is 136 cm³/mol. The fourth-order valence-corrected chi connectivity index (χ4v) is 5.08. The maximum atomic E-state index is 11.6. The van der Waals surface area contributed by atoms with Crippen molar-refractivity contribution >= 4 is 34.9 Å². The third-order valence-electron chi connectivity index (χ3n) is 6.22. The van der Waals surface area contributed by atoms with Crippen molar-refractivity contribution in [2.45, 2.75) is 26.8 Å². The molecule has 6 nitrogen and oxygen atoms in total. The van der Waals surface area contributed by atoms with Crippen molar-refractivity contribution in [3.05, 3.63) is 92.7 Å². The van der Waals surface area contributed by atoms with E-state index in [1.165, 1.54) is 0 Å². The summed E-state index contributed by atoms with van der Waals surface area (Å²) in [4.78, 5) is 18.3. The Hall–Kier alpha value is -3.35. The number of halogens is 2. The predicted octanol–water partition coefficient (Wildman–Crippen LogP) is 5.52. The van der Waals surface area contributed by atoms with Gasteiger partial charge in [0.2, 0.25) is 5.91 Å². The number of hydrogen-bond donors (Lipinski definition) is 1. The van der Waals surface area contributed by atoms with Crippen molar-refractivity contribution in [2.75, 3.05) is 11.4 Å². The number of fused-ring (bicyclic) bond motifs is 1. The molecule has 0 atom stereocenters. The molecule has 0 saturated heterocycles. The second-order valence-corrected chi connectivity index (χ2v) is 9.34. The van der Waals surface area contributed by atoms with Crippen molar-refractivity contribution in [1.29, 1.82) is 0 Å². The first kappa shape index (κ1) is 22.4. The molecule has 8 heteroatoms. The van der Waals surface area contributed by atoms with Crippen LogP contribution in [0.3, 0.4) is 0 Å². The van der Waals surface area contributed by atoms with Gasteiger partial charge in [0.05, 0.1) is 27.1 Å². The van der Waals surface area contributed by atoms with Crippen LogP contribution < -0.4 is 10.6 Å². The molecule has 5 rings (SSSR count). The van der Waals surface area contributed by atoms with E-state index in [4.69, 9.17) is 34.0 Å². The smallest absolute Gasteiger partial charge is 0.248 e. The Kier molecular flexibility index (Phi) is 5.80. The molecule has 1 amide bonds. The van der Waals surface area contributed by atoms with E-state index >= 15 is 0 Å². The number of aromatic nitrogens is 3. The van der Waals surface area contributed by atoms with Gasteiger partial charge in [-0.05, 0) is 43.2 Å².